The fourth-order valence-electron chi connectivity index (χ4n) is 1.95. The second-order valence-electron chi connectivity index (χ2n) is 6.62. The normalized spacial score (nSPS) is 17.9. The maximum absolute atomic E-state index is 13.3. The second-order valence-corrected chi connectivity index (χ2v) is 8.52. The molecule has 21 heavy (non-hydrogen) atoms. The molecular formula is C16H23FN2OS. The van der Waals surface area contributed by atoms with E-state index >= 15 is 0 Å². The van der Waals surface area contributed by atoms with Gasteiger partial charge in [-0.05, 0) is 57.7 Å². The van der Waals surface area contributed by atoms with Crippen molar-refractivity contribution in [2.75, 3.05) is 5.73 Å². The molecular weight excluding hydrogens is 287 g/mol. The standard InChI is InChI=1S/C16H23FN2OS/c1-16(2,3)21(20)19-15(9-6-11-4-5-11)12-7-8-13(17)14(18)10-12/h7-8,10-11H,4-6,9,18H2,1-3H3/t21-/m0/s1. The van der Waals surface area contributed by atoms with Gasteiger partial charge < -0.3 is 10.3 Å². The average molecular weight is 310 g/mol. The molecule has 5 heteroatoms. The van der Waals surface area contributed by atoms with Crippen LogP contribution in [0.15, 0.2) is 22.6 Å². The Labute approximate surface area is 129 Å². The lowest BCUT2D eigenvalue weighted by molar-refractivity contribution is 0.561. The van der Waals surface area contributed by atoms with Crippen LogP contribution < -0.4 is 5.73 Å². The Kier molecular flexibility index (Phi) is 4.94. The highest BCUT2D eigenvalue weighted by atomic mass is 32.2. The van der Waals surface area contributed by atoms with Gasteiger partial charge in [-0.25, -0.2) is 4.39 Å². The summed E-state index contributed by atoms with van der Waals surface area (Å²) < 4.78 is 29.6. The molecule has 0 amide bonds. The molecule has 1 aliphatic carbocycles. The fourth-order valence-corrected chi connectivity index (χ4v) is 2.62. The molecule has 0 unspecified atom stereocenters. The van der Waals surface area contributed by atoms with E-state index in [9.17, 15) is 8.94 Å². The van der Waals surface area contributed by atoms with Crippen molar-refractivity contribution in [3.8, 4) is 0 Å². The molecule has 1 aromatic carbocycles. The predicted molar refractivity (Wildman–Crippen MR) is 87.2 cm³/mol. The Balaban J connectivity index is 2.25. The number of nitrogen functional groups attached to an aromatic ring is 1. The van der Waals surface area contributed by atoms with Crippen molar-refractivity contribution in [1.29, 1.82) is 0 Å². The van der Waals surface area contributed by atoms with Gasteiger partial charge in [0.15, 0.2) is 0 Å². The lowest BCUT2D eigenvalue weighted by Gasteiger charge is -2.19. The maximum atomic E-state index is 13.3. The smallest absolute Gasteiger partial charge is 0.146 e. The Hall–Kier alpha value is -1.07. The minimum absolute atomic E-state index is 0.105. The highest BCUT2D eigenvalue weighted by Gasteiger charge is 2.28. The molecule has 1 saturated carbocycles. The van der Waals surface area contributed by atoms with Crippen LogP contribution in [0.2, 0.25) is 0 Å². The zero-order chi connectivity index (χ0) is 15.6. The average Bonchev–Trinajstić information content (AvgIpc) is 3.20. The first kappa shape index (κ1) is 16.3. The van der Waals surface area contributed by atoms with Crippen LogP contribution in [0.25, 0.3) is 0 Å². The number of halogens is 1. The van der Waals surface area contributed by atoms with Gasteiger partial charge in [0.1, 0.15) is 21.9 Å². The molecule has 2 rings (SSSR count). The Morgan fingerprint density at radius 2 is 2.10 bits per heavy atom. The molecule has 0 bridgehead atoms. The van der Waals surface area contributed by atoms with Crippen molar-refractivity contribution in [3.63, 3.8) is 0 Å². The van der Waals surface area contributed by atoms with Crippen molar-refractivity contribution in [3.05, 3.63) is 29.6 Å². The van der Waals surface area contributed by atoms with Crippen molar-refractivity contribution in [2.45, 2.75) is 51.2 Å². The van der Waals surface area contributed by atoms with E-state index in [2.05, 4.69) is 4.40 Å². The molecule has 0 aromatic heterocycles. The molecule has 116 valence electrons. The molecule has 0 aliphatic heterocycles. The molecule has 1 aliphatic rings. The summed E-state index contributed by atoms with van der Waals surface area (Å²) in [4.78, 5) is 0. The van der Waals surface area contributed by atoms with E-state index in [4.69, 9.17) is 5.73 Å². The van der Waals surface area contributed by atoms with E-state index in [0.29, 0.717) is 0 Å². The zero-order valence-electron chi connectivity index (χ0n) is 12.9. The second kappa shape index (κ2) is 6.36. The quantitative estimate of drug-likeness (QED) is 0.510. The van der Waals surface area contributed by atoms with Gasteiger partial charge >= 0.3 is 0 Å². The van der Waals surface area contributed by atoms with Crippen LogP contribution in [0.3, 0.4) is 0 Å². The van der Waals surface area contributed by atoms with Crippen molar-refractivity contribution < 1.29 is 8.94 Å². The summed E-state index contributed by atoms with van der Waals surface area (Å²) in [5.41, 5.74) is 7.28. The minimum atomic E-state index is -1.32. The van der Waals surface area contributed by atoms with E-state index in [1.807, 2.05) is 20.8 Å². The van der Waals surface area contributed by atoms with Crippen LogP contribution >= 0.6 is 0 Å². The number of rotatable bonds is 5. The highest BCUT2D eigenvalue weighted by Crippen LogP contribution is 2.34. The number of benzene rings is 1. The zero-order valence-corrected chi connectivity index (χ0v) is 13.7. The van der Waals surface area contributed by atoms with E-state index in [-0.39, 0.29) is 5.69 Å². The third-order valence-electron chi connectivity index (χ3n) is 3.53. The molecule has 0 saturated heterocycles. The molecule has 1 fully saturated rings. The lowest BCUT2D eigenvalue weighted by Crippen LogP contribution is -2.27. The topological polar surface area (TPSA) is 61.4 Å². The Morgan fingerprint density at radius 3 is 2.62 bits per heavy atom. The first-order valence-corrected chi connectivity index (χ1v) is 8.43. The summed E-state index contributed by atoms with van der Waals surface area (Å²) in [6, 6.07) is 4.59. The van der Waals surface area contributed by atoms with Gasteiger partial charge in [-0.1, -0.05) is 17.2 Å². The van der Waals surface area contributed by atoms with Crippen LogP contribution in [0.4, 0.5) is 10.1 Å². The molecule has 3 nitrogen and oxygen atoms in total. The maximum Gasteiger partial charge on any atom is 0.146 e. The third-order valence-corrected chi connectivity index (χ3v) is 4.97. The van der Waals surface area contributed by atoms with E-state index in [1.54, 1.807) is 12.1 Å². The number of nitrogens with two attached hydrogens (primary N) is 1. The van der Waals surface area contributed by atoms with E-state index in [1.165, 1.54) is 18.9 Å². The number of hydrogen-bond acceptors (Lipinski definition) is 3. The summed E-state index contributed by atoms with van der Waals surface area (Å²) in [6.07, 6.45) is 4.33. The van der Waals surface area contributed by atoms with Gasteiger partial charge in [-0.3, -0.25) is 0 Å². The van der Waals surface area contributed by atoms with Gasteiger partial charge in [-0.2, -0.15) is 0 Å². The lowest BCUT2D eigenvalue weighted by atomic mass is 10.0. The van der Waals surface area contributed by atoms with Crippen LogP contribution in [0.1, 0.15) is 52.0 Å². The first-order valence-electron chi connectivity index (χ1n) is 7.32. The van der Waals surface area contributed by atoms with E-state index in [0.717, 1.165) is 30.0 Å². The van der Waals surface area contributed by atoms with Crippen LogP contribution in [-0.2, 0) is 11.4 Å². The molecule has 0 radical (unpaired) electrons. The SMILES string of the molecule is CC(C)(C)[S@+]([O-])N=C(CCC1CC1)c1ccc(F)c(N)c1. The number of anilines is 1. The van der Waals surface area contributed by atoms with Gasteiger partial charge in [-0.15, -0.1) is 0 Å². The molecule has 0 heterocycles. The van der Waals surface area contributed by atoms with Crippen LogP contribution in [-0.4, -0.2) is 15.0 Å². The Bertz CT molecular complexity index is 536. The van der Waals surface area contributed by atoms with Crippen molar-refractivity contribution in [2.24, 2.45) is 10.3 Å². The molecule has 1 atom stereocenters. The molecule has 1 aromatic rings. The van der Waals surface area contributed by atoms with Crippen LogP contribution in [0.5, 0.6) is 0 Å². The fraction of sp³-hybridized carbons (Fsp3) is 0.562. The van der Waals surface area contributed by atoms with Gasteiger partial charge in [0.25, 0.3) is 0 Å². The monoisotopic (exact) mass is 310 g/mol. The predicted octanol–water partition coefficient (Wildman–Crippen LogP) is 3.85. The Morgan fingerprint density at radius 1 is 1.43 bits per heavy atom. The minimum Gasteiger partial charge on any atom is -0.591 e. The number of nitrogens with zero attached hydrogens (tertiary/aromatic N) is 1. The van der Waals surface area contributed by atoms with Crippen molar-refractivity contribution >= 4 is 22.8 Å². The largest absolute Gasteiger partial charge is 0.591 e. The highest BCUT2D eigenvalue weighted by molar-refractivity contribution is 7.91. The van der Waals surface area contributed by atoms with Gasteiger partial charge in [0.2, 0.25) is 0 Å². The summed E-state index contributed by atoms with van der Waals surface area (Å²) >= 11 is -1.32. The summed E-state index contributed by atoms with van der Waals surface area (Å²) in [5, 5.41) is 0. The summed E-state index contributed by atoms with van der Waals surface area (Å²) in [6.45, 7) is 5.68. The van der Waals surface area contributed by atoms with Gasteiger partial charge in [0.05, 0.1) is 11.4 Å². The first-order chi connectivity index (χ1) is 9.77. The summed E-state index contributed by atoms with van der Waals surface area (Å²) in [7, 11) is 0. The molecule has 0 spiro atoms. The van der Waals surface area contributed by atoms with Crippen LogP contribution in [0, 0.1) is 11.7 Å². The number of hydrogen-bond donors (Lipinski definition) is 1. The van der Waals surface area contributed by atoms with Crippen molar-refractivity contribution in [1.82, 2.24) is 0 Å². The van der Waals surface area contributed by atoms with E-state index < -0.39 is 21.9 Å². The summed E-state index contributed by atoms with van der Waals surface area (Å²) in [5.74, 6) is 0.327. The molecule has 2 N–H and O–H groups in total. The third kappa shape index (κ3) is 4.71. The van der Waals surface area contributed by atoms with Gasteiger partial charge in [0, 0.05) is 5.56 Å².